The van der Waals surface area contributed by atoms with E-state index in [4.69, 9.17) is 11.6 Å². The van der Waals surface area contributed by atoms with Crippen LogP contribution in [0, 0.1) is 0 Å². The summed E-state index contributed by atoms with van der Waals surface area (Å²) in [7, 11) is -3.92. The van der Waals surface area contributed by atoms with E-state index in [-0.39, 0.29) is 32.3 Å². The van der Waals surface area contributed by atoms with Gasteiger partial charge in [-0.2, -0.15) is 0 Å². The highest BCUT2D eigenvalue weighted by Crippen LogP contribution is 2.35. The molecule has 3 aromatic carbocycles. The number of nitrogens with one attached hydrogen (secondary N) is 1. The maximum absolute atomic E-state index is 13.0. The first-order chi connectivity index (χ1) is 14.3. The SMILES string of the molecule is O=C(Nc1nc2ccc(Cl)cc2s1)c1ccc2c(c1)S(=O)(=O)c1ccccc1C2=O. The van der Waals surface area contributed by atoms with Crippen molar-refractivity contribution in [3.05, 3.63) is 82.4 Å². The van der Waals surface area contributed by atoms with Gasteiger partial charge in [0, 0.05) is 21.7 Å². The van der Waals surface area contributed by atoms with Crippen LogP contribution in [0.3, 0.4) is 0 Å². The number of anilines is 1. The number of amides is 1. The van der Waals surface area contributed by atoms with E-state index in [1.807, 2.05) is 0 Å². The number of carbonyl (C=O) groups excluding carboxylic acids is 2. The fraction of sp³-hybridized carbons (Fsp3) is 0. The summed E-state index contributed by atoms with van der Waals surface area (Å²) >= 11 is 7.23. The predicted molar refractivity (Wildman–Crippen MR) is 114 cm³/mol. The molecule has 30 heavy (non-hydrogen) atoms. The highest BCUT2D eigenvalue weighted by Gasteiger charge is 2.35. The molecule has 1 N–H and O–H groups in total. The van der Waals surface area contributed by atoms with Crippen LogP contribution < -0.4 is 5.32 Å². The van der Waals surface area contributed by atoms with E-state index >= 15 is 0 Å². The molecule has 4 aromatic rings. The van der Waals surface area contributed by atoms with E-state index < -0.39 is 15.7 Å². The zero-order valence-electron chi connectivity index (χ0n) is 15.0. The van der Waals surface area contributed by atoms with Gasteiger partial charge >= 0.3 is 0 Å². The molecule has 1 aliphatic rings. The molecule has 0 fully saturated rings. The molecule has 0 radical (unpaired) electrons. The molecule has 2 heterocycles. The lowest BCUT2D eigenvalue weighted by Gasteiger charge is -2.19. The van der Waals surface area contributed by atoms with Crippen LogP contribution in [-0.4, -0.2) is 25.1 Å². The fourth-order valence-corrected chi connectivity index (χ4v) is 6.16. The van der Waals surface area contributed by atoms with E-state index in [1.54, 1.807) is 30.3 Å². The number of carbonyl (C=O) groups is 2. The van der Waals surface area contributed by atoms with Crippen molar-refractivity contribution in [3.8, 4) is 0 Å². The van der Waals surface area contributed by atoms with Crippen molar-refractivity contribution < 1.29 is 18.0 Å². The summed E-state index contributed by atoms with van der Waals surface area (Å²) in [5.41, 5.74) is 0.993. The average Bonchev–Trinajstić information content (AvgIpc) is 3.13. The number of hydrogen-bond donors (Lipinski definition) is 1. The average molecular weight is 455 g/mol. The molecule has 0 spiro atoms. The molecular weight excluding hydrogens is 444 g/mol. The molecule has 0 bridgehead atoms. The molecule has 148 valence electrons. The van der Waals surface area contributed by atoms with Crippen molar-refractivity contribution in [2.45, 2.75) is 9.79 Å². The van der Waals surface area contributed by atoms with Crippen LogP contribution in [0.15, 0.2) is 70.5 Å². The lowest BCUT2D eigenvalue weighted by atomic mass is 10.0. The van der Waals surface area contributed by atoms with Gasteiger partial charge in [0.05, 0.1) is 20.0 Å². The van der Waals surface area contributed by atoms with Gasteiger partial charge in [-0.25, -0.2) is 13.4 Å². The second-order valence-corrected chi connectivity index (χ2v) is 9.98. The highest BCUT2D eigenvalue weighted by molar-refractivity contribution is 7.91. The van der Waals surface area contributed by atoms with Crippen LogP contribution in [0.4, 0.5) is 5.13 Å². The minimum atomic E-state index is -3.92. The van der Waals surface area contributed by atoms with Gasteiger partial charge in [-0.1, -0.05) is 35.1 Å². The first kappa shape index (κ1) is 18.9. The fourth-order valence-electron chi connectivity index (χ4n) is 3.35. The van der Waals surface area contributed by atoms with Gasteiger partial charge in [0.2, 0.25) is 9.84 Å². The van der Waals surface area contributed by atoms with Gasteiger partial charge in [-0.05, 0) is 48.5 Å². The molecule has 5 rings (SSSR count). The van der Waals surface area contributed by atoms with Crippen molar-refractivity contribution in [2.75, 3.05) is 5.32 Å². The molecule has 1 aliphatic heterocycles. The maximum atomic E-state index is 13.0. The second-order valence-electron chi connectivity index (χ2n) is 6.62. The Labute approximate surface area is 180 Å². The molecule has 1 aromatic heterocycles. The lowest BCUT2D eigenvalue weighted by molar-refractivity contribution is 0.101. The summed E-state index contributed by atoms with van der Waals surface area (Å²) in [5.74, 6) is -0.908. The summed E-state index contributed by atoms with van der Waals surface area (Å²) in [6, 6.07) is 15.3. The van der Waals surface area contributed by atoms with Gasteiger partial charge in [-0.3, -0.25) is 14.9 Å². The highest BCUT2D eigenvalue weighted by atomic mass is 35.5. The molecular formula is C21H11ClN2O4S2. The van der Waals surface area contributed by atoms with Crippen molar-refractivity contribution in [2.24, 2.45) is 0 Å². The zero-order chi connectivity index (χ0) is 21.0. The molecule has 9 heteroatoms. The normalized spacial score (nSPS) is 14.2. The van der Waals surface area contributed by atoms with Crippen LogP contribution in [0.25, 0.3) is 10.2 Å². The van der Waals surface area contributed by atoms with Crippen LogP contribution in [0.5, 0.6) is 0 Å². The molecule has 0 saturated heterocycles. The number of ketones is 1. The Morgan fingerprint density at radius 1 is 0.967 bits per heavy atom. The Morgan fingerprint density at radius 3 is 2.57 bits per heavy atom. The number of sulfone groups is 1. The van der Waals surface area contributed by atoms with Gasteiger partial charge < -0.3 is 0 Å². The zero-order valence-corrected chi connectivity index (χ0v) is 17.4. The van der Waals surface area contributed by atoms with Crippen LogP contribution in [-0.2, 0) is 9.84 Å². The largest absolute Gasteiger partial charge is 0.298 e. The number of fused-ring (bicyclic) bond motifs is 3. The lowest BCUT2D eigenvalue weighted by Crippen LogP contribution is -2.21. The number of nitrogens with zero attached hydrogens (tertiary/aromatic N) is 1. The smallest absolute Gasteiger partial charge is 0.257 e. The van der Waals surface area contributed by atoms with Crippen LogP contribution in [0.2, 0.25) is 5.02 Å². The first-order valence-electron chi connectivity index (χ1n) is 8.75. The third kappa shape index (κ3) is 2.92. The van der Waals surface area contributed by atoms with E-state index in [2.05, 4.69) is 10.3 Å². The first-order valence-corrected chi connectivity index (χ1v) is 11.4. The molecule has 0 unspecified atom stereocenters. The third-order valence-electron chi connectivity index (χ3n) is 4.77. The van der Waals surface area contributed by atoms with Crippen LogP contribution >= 0.6 is 22.9 Å². The predicted octanol–water partition coefficient (Wildman–Crippen LogP) is 4.58. The van der Waals surface area contributed by atoms with E-state index in [0.29, 0.717) is 15.7 Å². The summed E-state index contributed by atoms with van der Waals surface area (Å²) in [4.78, 5) is 29.6. The third-order valence-corrected chi connectivity index (χ3v) is 7.79. The Balaban J connectivity index is 1.53. The molecule has 0 saturated carbocycles. The Bertz CT molecular complexity index is 1490. The standard InChI is InChI=1S/C21H11ClN2O4S2/c22-12-6-8-15-16(10-12)29-21(23-15)24-20(26)11-5-7-14-18(9-11)30(27,28)17-4-2-1-3-13(17)19(14)25/h1-10H,(H,23,24,26). The summed E-state index contributed by atoms with van der Waals surface area (Å²) in [5, 5.41) is 3.60. The van der Waals surface area contributed by atoms with Crippen LogP contribution in [0.1, 0.15) is 26.3 Å². The topological polar surface area (TPSA) is 93.2 Å². The molecule has 1 amide bonds. The number of benzene rings is 3. The number of rotatable bonds is 2. The Morgan fingerprint density at radius 2 is 1.73 bits per heavy atom. The minimum absolute atomic E-state index is 0.0527. The molecule has 0 aliphatic carbocycles. The van der Waals surface area contributed by atoms with E-state index in [1.165, 1.54) is 41.7 Å². The summed E-state index contributed by atoms with van der Waals surface area (Å²) in [6.07, 6.45) is 0. The Hall–Kier alpha value is -3.07. The van der Waals surface area contributed by atoms with Crippen molar-refractivity contribution in [1.82, 2.24) is 4.98 Å². The molecule has 0 atom stereocenters. The maximum Gasteiger partial charge on any atom is 0.257 e. The van der Waals surface area contributed by atoms with Crippen molar-refractivity contribution in [3.63, 3.8) is 0 Å². The monoisotopic (exact) mass is 454 g/mol. The quantitative estimate of drug-likeness (QED) is 0.421. The summed E-state index contributed by atoms with van der Waals surface area (Å²) in [6.45, 7) is 0. The van der Waals surface area contributed by atoms with Gasteiger partial charge in [0.1, 0.15) is 0 Å². The minimum Gasteiger partial charge on any atom is -0.298 e. The van der Waals surface area contributed by atoms with Gasteiger partial charge in [0.25, 0.3) is 5.91 Å². The number of thiazole rings is 1. The molecule has 6 nitrogen and oxygen atoms in total. The van der Waals surface area contributed by atoms with Gasteiger partial charge in [0.15, 0.2) is 10.9 Å². The number of hydrogen-bond acceptors (Lipinski definition) is 6. The van der Waals surface area contributed by atoms with E-state index in [0.717, 1.165) is 4.70 Å². The summed E-state index contributed by atoms with van der Waals surface area (Å²) < 4.78 is 26.8. The second kappa shape index (κ2) is 6.73. The van der Waals surface area contributed by atoms with Crippen molar-refractivity contribution >= 4 is 59.8 Å². The van der Waals surface area contributed by atoms with Gasteiger partial charge in [-0.15, -0.1) is 0 Å². The Kier molecular flexibility index (Phi) is 4.25. The van der Waals surface area contributed by atoms with E-state index in [9.17, 15) is 18.0 Å². The number of halogens is 1. The van der Waals surface area contributed by atoms with Crippen molar-refractivity contribution in [1.29, 1.82) is 0 Å². The number of aromatic nitrogens is 1.